The van der Waals surface area contributed by atoms with E-state index in [-0.39, 0.29) is 12.8 Å². The second-order valence-corrected chi connectivity index (χ2v) is 4.98. The van der Waals surface area contributed by atoms with Gasteiger partial charge in [0.05, 0.1) is 0 Å². The highest BCUT2D eigenvalue weighted by Gasteiger charge is 2.82. The fourth-order valence-corrected chi connectivity index (χ4v) is 1.96. The first-order valence-electron chi connectivity index (χ1n) is 6.59. The number of halogens is 9. The van der Waals surface area contributed by atoms with E-state index in [4.69, 9.17) is 0 Å². The summed E-state index contributed by atoms with van der Waals surface area (Å²) in [6.07, 6.45) is -6.17. The summed E-state index contributed by atoms with van der Waals surface area (Å²) in [6, 6.07) is 3.52. The van der Waals surface area contributed by atoms with Gasteiger partial charge in [0.1, 0.15) is 0 Å². The average Bonchev–Trinajstić information content (AvgIpc) is 2.43. The third-order valence-corrected chi connectivity index (χ3v) is 3.30. The fourth-order valence-electron chi connectivity index (χ4n) is 1.96. The van der Waals surface area contributed by atoms with Crippen LogP contribution in [-0.4, -0.2) is 18.0 Å². The molecule has 0 nitrogen and oxygen atoms in total. The first-order chi connectivity index (χ1) is 10.3. The summed E-state index contributed by atoms with van der Waals surface area (Å²) < 4.78 is 117. The molecule has 0 heterocycles. The topological polar surface area (TPSA) is 0 Å². The Bertz CT molecular complexity index is 531. The summed E-state index contributed by atoms with van der Waals surface area (Å²) in [6.45, 7) is 1.67. The van der Waals surface area contributed by atoms with Crippen molar-refractivity contribution in [1.29, 1.82) is 0 Å². The summed E-state index contributed by atoms with van der Waals surface area (Å²) in [5, 5.41) is 0. The van der Waals surface area contributed by atoms with Crippen molar-refractivity contribution < 1.29 is 39.5 Å². The molecular formula is C14H13F9. The van der Waals surface area contributed by atoms with Gasteiger partial charge in [-0.15, -0.1) is 0 Å². The van der Waals surface area contributed by atoms with Crippen molar-refractivity contribution in [1.82, 2.24) is 0 Å². The Balaban J connectivity index is 3.41. The lowest BCUT2D eigenvalue weighted by molar-refractivity contribution is -0.399. The molecule has 0 aliphatic carbocycles. The third kappa shape index (κ3) is 3.28. The largest absolute Gasteiger partial charge is 0.460 e. The molecule has 0 unspecified atom stereocenters. The monoisotopic (exact) mass is 352 g/mol. The maximum atomic E-state index is 13.9. The van der Waals surface area contributed by atoms with E-state index >= 15 is 0 Å². The van der Waals surface area contributed by atoms with E-state index in [9.17, 15) is 39.5 Å². The molecule has 9 heteroatoms. The highest BCUT2D eigenvalue weighted by atomic mass is 19.4. The van der Waals surface area contributed by atoms with E-state index in [1.165, 1.54) is 6.07 Å². The zero-order chi connectivity index (χ0) is 18.1. The van der Waals surface area contributed by atoms with Crippen molar-refractivity contribution in [3.63, 3.8) is 0 Å². The first kappa shape index (κ1) is 19.6. The van der Waals surface area contributed by atoms with E-state index in [2.05, 4.69) is 0 Å². The van der Waals surface area contributed by atoms with Crippen molar-refractivity contribution in [3.05, 3.63) is 35.4 Å². The molecule has 0 fully saturated rings. The van der Waals surface area contributed by atoms with Gasteiger partial charge in [-0.05, 0) is 18.4 Å². The van der Waals surface area contributed by atoms with Crippen LogP contribution >= 0.6 is 0 Å². The number of hydrogen-bond acceptors (Lipinski definition) is 0. The molecule has 23 heavy (non-hydrogen) atoms. The summed E-state index contributed by atoms with van der Waals surface area (Å²) in [5.41, 5.74) is -1.92. The predicted molar refractivity (Wildman–Crippen MR) is 64.9 cm³/mol. The Morgan fingerprint density at radius 1 is 0.783 bits per heavy atom. The van der Waals surface area contributed by atoms with Gasteiger partial charge in [-0.1, -0.05) is 37.6 Å². The summed E-state index contributed by atoms with van der Waals surface area (Å²) in [5.74, 6) is -19.2. The third-order valence-electron chi connectivity index (χ3n) is 3.30. The van der Waals surface area contributed by atoms with Crippen LogP contribution in [0.1, 0.15) is 30.9 Å². The first-order valence-corrected chi connectivity index (χ1v) is 6.59. The average molecular weight is 352 g/mol. The van der Waals surface area contributed by atoms with Crippen LogP contribution in [0.4, 0.5) is 39.5 Å². The number of unbranched alkanes of at least 4 members (excludes halogenated alkanes) is 1. The molecule has 1 aromatic rings. The van der Waals surface area contributed by atoms with Gasteiger partial charge in [0.25, 0.3) is 0 Å². The van der Waals surface area contributed by atoms with Crippen LogP contribution in [0.25, 0.3) is 0 Å². The minimum absolute atomic E-state index is 0.143. The van der Waals surface area contributed by atoms with E-state index in [1.54, 1.807) is 6.92 Å². The molecule has 0 atom stereocenters. The van der Waals surface area contributed by atoms with Crippen LogP contribution in [-0.2, 0) is 12.3 Å². The lowest BCUT2D eigenvalue weighted by Gasteiger charge is -2.34. The van der Waals surface area contributed by atoms with E-state index in [0.717, 1.165) is 12.1 Å². The van der Waals surface area contributed by atoms with Gasteiger partial charge < -0.3 is 0 Å². The molecule has 0 aliphatic rings. The Labute approximate surface area is 126 Å². The van der Waals surface area contributed by atoms with Gasteiger partial charge in [0.2, 0.25) is 0 Å². The molecular weight excluding hydrogens is 339 g/mol. The fraction of sp³-hybridized carbons (Fsp3) is 0.571. The Morgan fingerprint density at radius 3 is 1.78 bits per heavy atom. The number of benzene rings is 1. The highest BCUT2D eigenvalue weighted by molar-refractivity contribution is 5.33. The van der Waals surface area contributed by atoms with E-state index in [1.807, 2.05) is 0 Å². The summed E-state index contributed by atoms with van der Waals surface area (Å²) in [4.78, 5) is 0. The quantitative estimate of drug-likeness (QED) is 0.555. The molecule has 0 aliphatic heterocycles. The molecule has 0 N–H and O–H groups in total. The van der Waals surface area contributed by atoms with Gasteiger partial charge >= 0.3 is 23.9 Å². The maximum absolute atomic E-state index is 13.9. The Morgan fingerprint density at radius 2 is 1.30 bits per heavy atom. The molecule has 0 aromatic heterocycles. The van der Waals surface area contributed by atoms with Crippen LogP contribution in [0.5, 0.6) is 0 Å². The van der Waals surface area contributed by atoms with Gasteiger partial charge in [-0.25, -0.2) is 0 Å². The van der Waals surface area contributed by atoms with Crippen molar-refractivity contribution in [3.8, 4) is 0 Å². The normalized spacial score (nSPS) is 14.2. The van der Waals surface area contributed by atoms with Crippen molar-refractivity contribution in [2.24, 2.45) is 0 Å². The van der Waals surface area contributed by atoms with Crippen LogP contribution in [0.15, 0.2) is 24.3 Å². The molecule has 0 spiro atoms. The van der Waals surface area contributed by atoms with E-state index in [0.29, 0.717) is 12.5 Å². The SMILES string of the molecule is CCCCc1ccccc1C(F)(F)C(F)(F)C(F)(F)C(F)(F)F. The van der Waals surface area contributed by atoms with Crippen LogP contribution in [0, 0.1) is 0 Å². The minimum atomic E-state index is -6.87. The number of rotatable bonds is 6. The minimum Gasteiger partial charge on any atom is -0.194 e. The standard InChI is InChI=1S/C14H13F9/c1-2-3-6-9-7-4-5-8-10(9)11(15,16)12(17,18)13(19,20)14(21,22)23/h4-5,7-8H,2-3,6H2,1H3. The molecule has 1 aromatic carbocycles. The molecule has 0 amide bonds. The van der Waals surface area contributed by atoms with Crippen LogP contribution in [0.2, 0.25) is 0 Å². The molecule has 0 bridgehead atoms. The highest BCUT2D eigenvalue weighted by Crippen LogP contribution is 2.57. The maximum Gasteiger partial charge on any atom is 0.460 e. The molecule has 0 saturated heterocycles. The van der Waals surface area contributed by atoms with Crippen LogP contribution in [0.3, 0.4) is 0 Å². The van der Waals surface area contributed by atoms with E-state index < -0.39 is 35.1 Å². The van der Waals surface area contributed by atoms with Gasteiger partial charge in [-0.3, -0.25) is 0 Å². The Hall–Kier alpha value is -1.41. The molecule has 0 radical (unpaired) electrons. The molecule has 1 rings (SSSR count). The van der Waals surface area contributed by atoms with Gasteiger partial charge in [0.15, 0.2) is 0 Å². The second kappa shape index (κ2) is 6.24. The summed E-state index contributed by atoms with van der Waals surface area (Å²) in [7, 11) is 0. The lowest BCUT2D eigenvalue weighted by Crippen LogP contribution is -2.59. The van der Waals surface area contributed by atoms with Crippen molar-refractivity contribution >= 4 is 0 Å². The predicted octanol–water partition coefficient (Wildman–Crippen LogP) is 5.95. The second-order valence-electron chi connectivity index (χ2n) is 4.98. The smallest absolute Gasteiger partial charge is 0.194 e. The Kier molecular flexibility index (Phi) is 5.33. The lowest BCUT2D eigenvalue weighted by atomic mass is 9.91. The number of alkyl halides is 9. The number of aryl methyl sites for hydroxylation is 1. The summed E-state index contributed by atoms with van der Waals surface area (Å²) >= 11 is 0. The number of hydrogen-bond donors (Lipinski definition) is 0. The zero-order valence-corrected chi connectivity index (χ0v) is 11.8. The van der Waals surface area contributed by atoms with Gasteiger partial charge in [-0.2, -0.15) is 39.5 Å². The zero-order valence-electron chi connectivity index (χ0n) is 11.8. The molecule has 132 valence electrons. The van der Waals surface area contributed by atoms with Crippen LogP contribution < -0.4 is 0 Å². The molecule has 0 saturated carbocycles. The van der Waals surface area contributed by atoms with Crippen molar-refractivity contribution in [2.75, 3.05) is 0 Å². The van der Waals surface area contributed by atoms with Gasteiger partial charge in [0, 0.05) is 5.56 Å². The van der Waals surface area contributed by atoms with Crippen molar-refractivity contribution in [2.45, 2.75) is 50.1 Å².